The molecule has 6 nitrogen and oxygen atoms in total. The van der Waals surface area contributed by atoms with Crippen molar-refractivity contribution in [3.05, 3.63) is 56.4 Å². The van der Waals surface area contributed by atoms with Gasteiger partial charge in [0.25, 0.3) is 5.56 Å². The van der Waals surface area contributed by atoms with Crippen LogP contribution in [-0.2, 0) is 6.67 Å². The average molecular weight is 381 g/mol. The standard InChI is InChI=1S/C17H18Cl2N4O2/c1-12(24)13-2-4-14(5-3-13)22-8-6-21(7-9-22)11-23-17(25)16(19)15(18)10-20-23/h2-5,10H,6-9,11H2,1H3. The predicted molar refractivity (Wildman–Crippen MR) is 98.7 cm³/mol. The van der Waals surface area contributed by atoms with E-state index in [1.165, 1.54) is 10.9 Å². The molecule has 1 saturated heterocycles. The summed E-state index contributed by atoms with van der Waals surface area (Å²) in [5, 5.41) is 4.21. The summed E-state index contributed by atoms with van der Waals surface area (Å²) in [6, 6.07) is 7.64. The van der Waals surface area contributed by atoms with E-state index in [2.05, 4.69) is 14.9 Å². The Kier molecular flexibility index (Phi) is 5.42. The Balaban J connectivity index is 1.61. The number of carbonyl (C=O) groups excluding carboxylic acids is 1. The Morgan fingerprint density at radius 3 is 2.36 bits per heavy atom. The molecule has 8 heteroatoms. The first-order chi connectivity index (χ1) is 12.0. The van der Waals surface area contributed by atoms with Crippen molar-refractivity contribution >= 4 is 34.7 Å². The van der Waals surface area contributed by atoms with E-state index < -0.39 is 0 Å². The number of piperazine rings is 1. The summed E-state index contributed by atoms with van der Waals surface area (Å²) in [4.78, 5) is 27.8. The minimum absolute atomic E-state index is 0.000800. The van der Waals surface area contributed by atoms with Gasteiger partial charge in [0.1, 0.15) is 5.02 Å². The molecule has 0 N–H and O–H groups in total. The highest BCUT2D eigenvalue weighted by molar-refractivity contribution is 6.41. The molecule has 3 rings (SSSR count). The number of hydrogen-bond donors (Lipinski definition) is 0. The van der Waals surface area contributed by atoms with Gasteiger partial charge in [0, 0.05) is 37.4 Å². The molecule has 2 heterocycles. The van der Waals surface area contributed by atoms with Gasteiger partial charge in [-0.25, -0.2) is 4.68 Å². The quantitative estimate of drug-likeness (QED) is 0.762. The van der Waals surface area contributed by atoms with Crippen LogP contribution in [0.25, 0.3) is 0 Å². The number of ketones is 1. The second kappa shape index (κ2) is 7.56. The molecule has 1 aromatic carbocycles. The first kappa shape index (κ1) is 17.9. The van der Waals surface area contributed by atoms with E-state index in [-0.39, 0.29) is 21.4 Å². The van der Waals surface area contributed by atoms with Crippen molar-refractivity contribution in [2.24, 2.45) is 0 Å². The van der Waals surface area contributed by atoms with Crippen LogP contribution in [-0.4, -0.2) is 46.6 Å². The van der Waals surface area contributed by atoms with E-state index in [9.17, 15) is 9.59 Å². The highest BCUT2D eigenvalue weighted by atomic mass is 35.5. The van der Waals surface area contributed by atoms with Crippen LogP contribution in [0.4, 0.5) is 5.69 Å². The lowest BCUT2D eigenvalue weighted by molar-refractivity contribution is 0.101. The third-order valence-electron chi connectivity index (χ3n) is 4.29. The zero-order valence-corrected chi connectivity index (χ0v) is 15.3. The number of Topliss-reactive ketones (excluding diaryl/α,β-unsaturated/α-hetero) is 1. The molecule has 1 aliphatic heterocycles. The molecule has 1 fully saturated rings. The zero-order valence-electron chi connectivity index (χ0n) is 13.8. The van der Waals surface area contributed by atoms with Gasteiger partial charge in [-0.05, 0) is 31.2 Å². The number of anilines is 1. The minimum Gasteiger partial charge on any atom is -0.369 e. The Bertz CT molecular complexity index is 828. The molecule has 1 aliphatic rings. The number of halogens is 2. The van der Waals surface area contributed by atoms with Crippen molar-refractivity contribution in [1.29, 1.82) is 0 Å². The number of carbonyl (C=O) groups is 1. The second-order valence-electron chi connectivity index (χ2n) is 5.96. The maximum atomic E-state index is 12.1. The fraction of sp³-hybridized carbons (Fsp3) is 0.353. The molecule has 2 aromatic rings. The Morgan fingerprint density at radius 2 is 1.76 bits per heavy atom. The second-order valence-corrected chi connectivity index (χ2v) is 6.75. The largest absolute Gasteiger partial charge is 0.369 e. The van der Waals surface area contributed by atoms with Crippen LogP contribution >= 0.6 is 23.2 Å². The summed E-state index contributed by atoms with van der Waals surface area (Å²) in [7, 11) is 0. The number of aromatic nitrogens is 2. The fourth-order valence-electron chi connectivity index (χ4n) is 2.79. The van der Waals surface area contributed by atoms with E-state index in [4.69, 9.17) is 23.2 Å². The van der Waals surface area contributed by atoms with Crippen LogP contribution in [0.5, 0.6) is 0 Å². The van der Waals surface area contributed by atoms with Crippen molar-refractivity contribution in [3.8, 4) is 0 Å². The third-order valence-corrected chi connectivity index (χ3v) is 5.04. The maximum Gasteiger partial charge on any atom is 0.288 e. The van der Waals surface area contributed by atoms with Crippen molar-refractivity contribution in [2.45, 2.75) is 13.6 Å². The SMILES string of the molecule is CC(=O)c1ccc(N2CCN(Cn3ncc(Cl)c(Cl)c3=O)CC2)cc1. The average Bonchev–Trinajstić information content (AvgIpc) is 2.63. The fourth-order valence-corrected chi connectivity index (χ4v) is 3.06. The molecule has 0 atom stereocenters. The maximum absolute atomic E-state index is 12.1. The van der Waals surface area contributed by atoms with E-state index >= 15 is 0 Å². The molecule has 0 aliphatic carbocycles. The van der Waals surface area contributed by atoms with Crippen molar-refractivity contribution in [2.75, 3.05) is 31.1 Å². The van der Waals surface area contributed by atoms with Gasteiger partial charge in [-0.1, -0.05) is 23.2 Å². The molecule has 0 bridgehead atoms. The monoisotopic (exact) mass is 380 g/mol. The number of hydrogen-bond acceptors (Lipinski definition) is 5. The summed E-state index contributed by atoms with van der Waals surface area (Å²) in [6.45, 7) is 5.19. The number of benzene rings is 1. The van der Waals surface area contributed by atoms with Gasteiger partial charge < -0.3 is 4.90 Å². The summed E-state index contributed by atoms with van der Waals surface area (Å²) >= 11 is 11.7. The van der Waals surface area contributed by atoms with Gasteiger partial charge in [0.2, 0.25) is 0 Å². The summed E-state index contributed by atoms with van der Waals surface area (Å²) in [6.07, 6.45) is 1.39. The molecule has 0 amide bonds. The Labute approximate surface area is 155 Å². The van der Waals surface area contributed by atoms with E-state index in [1.54, 1.807) is 6.92 Å². The lowest BCUT2D eigenvalue weighted by Gasteiger charge is -2.36. The Morgan fingerprint density at radius 1 is 1.12 bits per heavy atom. The van der Waals surface area contributed by atoms with E-state index in [0.29, 0.717) is 12.2 Å². The molecule has 1 aromatic heterocycles. The summed E-state index contributed by atoms with van der Waals surface area (Å²) < 4.78 is 1.32. The molecule has 132 valence electrons. The van der Waals surface area contributed by atoms with Gasteiger partial charge >= 0.3 is 0 Å². The van der Waals surface area contributed by atoms with Crippen molar-refractivity contribution in [1.82, 2.24) is 14.7 Å². The van der Waals surface area contributed by atoms with Gasteiger partial charge in [-0.3, -0.25) is 14.5 Å². The number of rotatable bonds is 4. The Hall–Kier alpha value is -1.89. The van der Waals surface area contributed by atoms with Crippen LogP contribution in [0.3, 0.4) is 0 Å². The highest BCUT2D eigenvalue weighted by Gasteiger charge is 2.19. The molecule has 0 unspecified atom stereocenters. The van der Waals surface area contributed by atoms with Gasteiger partial charge in [-0.15, -0.1) is 0 Å². The lowest BCUT2D eigenvalue weighted by Crippen LogP contribution is -2.48. The predicted octanol–water partition coefficient (Wildman–Crippen LogP) is 2.53. The van der Waals surface area contributed by atoms with Crippen molar-refractivity contribution < 1.29 is 4.79 Å². The van der Waals surface area contributed by atoms with Crippen LogP contribution in [0.1, 0.15) is 17.3 Å². The van der Waals surface area contributed by atoms with Crippen molar-refractivity contribution in [3.63, 3.8) is 0 Å². The number of nitrogens with zero attached hydrogens (tertiary/aromatic N) is 4. The van der Waals surface area contributed by atoms with Gasteiger partial charge in [-0.2, -0.15) is 5.10 Å². The first-order valence-electron chi connectivity index (χ1n) is 7.95. The topological polar surface area (TPSA) is 58.4 Å². The molecule has 25 heavy (non-hydrogen) atoms. The van der Waals surface area contributed by atoms with Crippen LogP contribution in [0.2, 0.25) is 10.0 Å². The first-order valence-corrected chi connectivity index (χ1v) is 8.70. The van der Waals surface area contributed by atoms with Crippen LogP contribution < -0.4 is 10.5 Å². The minimum atomic E-state index is -0.378. The summed E-state index contributed by atoms with van der Waals surface area (Å²) in [5.41, 5.74) is 1.43. The molecular formula is C17H18Cl2N4O2. The third kappa shape index (κ3) is 4.03. The van der Waals surface area contributed by atoms with E-state index in [0.717, 1.165) is 31.9 Å². The van der Waals surface area contributed by atoms with Gasteiger partial charge in [0.15, 0.2) is 5.78 Å². The molecule has 0 radical (unpaired) electrons. The molecule has 0 spiro atoms. The molecule has 0 saturated carbocycles. The van der Waals surface area contributed by atoms with E-state index in [1.807, 2.05) is 24.3 Å². The normalized spacial score (nSPS) is 15.4. The zero-order chi connectivity index (χ0) is 18.0. The summed E-state index contributed by atoms with van der Waals surface area (Å²) in [5.74, 6) is 0.0657. The molecular weight excluding hydrogens is 363 g/mol. The highest BCUT2D eigenvalue weighted by Crippen LogP contribution is 2.18. The van der Waals surface area contributed by atoms with Crippen LogP contribution in [0.15, 0.2) is 35.3 Å². The van der Waals surface area contributed by atoms with Crippen LogP contribution in [0, 0.1) is 0 Å². The lowest BCUT2D eigenvalue weighted by atomic mass is 10.1. The van der Waals surface area contributed by atoms with Gasteiger partial charge in [0.05, 0.1) is 17.9 Å². The smallest absolute Gasteiger partial charge is 0.288 e.